The summed E-state index contributed by atoms with van der Waals surface area (Å²) in [6, 6.07) is 2.91. The van der Waals surface area contributed by atoms with Gasteiger partial charge < -0.3 is 30.2 Å². The molecule has 2 atom stereocenters. The summed E-state index contributed by atoms with van der Waals surface area (Å²) < 4.78 is 3.79. The zero-order chi connectivity index (χ0) is 25.4. The Labute approximate surface area is 213 Å². The number of carboxylic acids is 1. The molecule has 2 amide bonds. The molecule has 14 heteroatoms. The maximum atomic E-state index is 13.0. The van der Waals surface area contributed by atoms with Crippen LogP contribution in [-0.4, -0.2) is 61.6 Å². The Bertz CT molecular complexity index is 1430. The number of rotatable bonds is 8. The number of hydrogen-bond donors (Lipinski definition) is 2. The van der Waals surface area contributed by atoms with Crippen molar-refractivity contribution < 1.29 is 28.9 Å². The summed E-state index contributed by atoms with van der Waals surface area (Å²) in [4.78, 5) is 48.3. The van der Waals surface area contributed by atoms with Crippen LogP contribution in [0.1, 0.15) is 12.6 Å². The molecule has 5 rings (SSSR count). The fourth-order valence-electron chi connectivity index (χ4n) is 4.07. The number of thiazole rings is 1. The highest BCUT2D eigenvalue weighted by molar-refractivity contribution is 8.00. The number of aromatic nitrogens is 3. The van der Waals surface area contributed by atoms with Gasteiger partial charge in [0.05, 0.1) is 17.9 Å². The number of thioether (sulfide) groups is 1. The van der Waals surface area contributed by atoms with Crippen molar-refractivity contribution in [2.45, 2.75) is 24.9 Å². The number of carboxylic acid groups (broad SMARTS) is 1. The number of nitrogens with one attached hydrogen (secondary N) is 1. The summed E-state index contributed by atoms with van der Waals surface area (Å²) in [6.07, 6.45) is 7.50. The molecule has 2 aliphatic rings. The lowest BCUT2D eigenvalue weighted by Gasteiger charge is -2.50. The van der Waals surface area contributed by atoms with Crippen molar-refractivity contribution >= 4 is 57.2 Å². The van der Waals surface area contributed by atoms with Crippen LogP contribution in [0.15, 0.2) is 58.7 Å². The van der Waals surface area contributed by atoms with Crippen LogP contribution in [0.4, 0.5) is 5.13 Å². The molecule has 5 heterocycles. The molecular weight excluding hydrogens is 506 g/mol. The van der Waals surface area contributed by atoms with Crippen LogP contribution >= 0.6 is 23.1 Å². The number of hydrogen-bond acceptors (Lipinski definition) is 10. The Morgan fingerprint density at radius 3 is 2.97 bits per heavy atom. The summed E-state index contributed by atoms with van der Waals surface area (Å²) in [5.74, 6) is -2.30. The van der Waals surface area contributed by atoms with E-state index in [2.05, 4.69) is 15.5 Å². The topological polar surface area (TPSA) is 158 Å². The van der Waals surface area contributed by atoms with Crippen LogP contribution in [0, 0.1) is 0 Å². The van der Waals surface area contributed by atoms with Crippen molar-refractivity contribution in [1.29, 1.82) is 0 Å². The molecular formula is C22H21N7O5S2. The molecule has 3 N–H and O–H groups in total. The lowest BCUT2D eigenvalue weighted by atomic mass is 10.0. The molecule has 1 saturated heterocycles. The highest BCUT2D eigenvalue weighted by Gasteiger charge is 2.53. The number of oxime groups is 1. The Morgan fingerprint density at radius 2 is 2.25 bits per heavy atom. The summed E-state index contributed by atoms with van der Waals surface area (Å²) >= 11 is 2.50. The molecule has 0 saturated carbocycles. The first kappa shape index (κ1) is 23.8. The van der Waals surface area contributed by atoms with E-state index in [0.29, 0.717) is 11.3 Å². The predicted octanol–water partition coefficient (Wildman–Crippen LogP) is -0.890. The third kappa shape index (κ3) is 4.28. The summed E-state index contributed by atoms with van der Waals surface area (Å²) in [5.41, 5.74) is 7.11. The van der Waals surface area contributed by atoms with Gasteiger partial charge in [-0.25, -0.2) is 4.98 Å². The molecule has 186 valence electrons. The lowest BCUT2D eigenvalue weighted by molar-refractivity contribution is -0.688. The Balaban J connectivity index is 1.35. The van der Waals surface area contributed by atoms with Gasteiger partial charge in [0, 0.05) is 22.9 Å². The van der Waals surface area contributed by atoms with Gasteiger partial charge in [-0.15, -0.1) is 23.1 Å². The fraction of sp³-hybridized carbons (Fsp3) is 0.273. The minimum Gasteiger partial charge on any atom is -0.543 e. The largest absolute Gasteiger partial charge is 0.543 e. The van der Waals surface area contributed by atoms with Crippen LogP contribution in [0.2, 0.25) is 0 Å². The number of nitrogens with zero attached hydrogens (tertiary/aromatic N) is 5. The number of amides is 2. The van der Waals surface area contributed by atoms with Gasteiger partial charge in [0.25, 0.3) is 11.8 Å². The number of aliphatic carboxylic acids is 1. The van der Waals surface area contributed by atoms with E-state index >= 15 is 0 Å². The number of carbonyl (C=O) groups excluding carboxylic acids is 3. The smallest absolute Gasteiger partial charge is 0.276 e. The fourth-order valence-corrected chi connectivity index (χ4v) is 5.96. The number of nitrogens with two attached hydrogens (primary N) is 1. The Morgan fingerprint density at radius 1 is 1.42 bits per heavy atom. The van der Waals surface area contributed by atoms with Crippen LogP contribution in [0.25, 0.3) is 5.52 Å². The molecule has 2 aliphatic heterocycles. The molecule has 0 bridgehead atoms. The molecule has 0 spiro atoms. The third-order valence-electron chi connectivity index (χ3n) is 5.69. The van der Waals surface area contributed by atoms with Gasteiger partial charge in [0.1, 0.15) is 29.2 Å². The minimum atomic E-state index is -1.44. The number of nitrogen functional groups attached to an aromatic ring is 1. The molecule has 36 heavy (non-hydrogen) atoms. The maximum absolute atomic E-state index is 13.0. The normalized spacial score (nSPS) is 19.8. The monoisotopic (exact) mass is 527 g/mol. The average molecular weight is 528 g/mol. The van der Waals surface area contributed by atoms with Gasteiger partial charge in [0.15, 0.2) is 29.8 Å². The van der Waals surface area contributed by atoms with Crippen LogP contribution in [0.3, 0.4) is 0 Å². The lowest BCUT2D eigenvalue weighted by Crippen LogP contribution is -2.71. The molecule has 12 nitrogen and oxygen atoms in total. The number of fused-ring (bicyclic) bond motifs is 2. The number of anilines is 1. The van der Waals surface area contributed by atoms with Gasteiger partial charge in [-0.3, -0.25) is 14.5 Å². The van der Waals surface area contributed by atoms with Crippen LogP contribution in [-0.2, 0) is 25.8 Å². The van der Waals surface area contributed by atoms with Crippen molar-refractivity contribution in [3.8, 4) is 0 Å². The van der Waals surface area contributed by atoms with Crippen molar-refractivity contribution in [3.63, 3.8) is 0 Å². The van der Waals surface area contributed by atoms with E-state index in [9.17, 15) is 19.5 Å². The quantitative estimate of drug-likeness (QED) is 0.165. The van der Waals surface area contributed by atoms with Gasteiger partial charge in [-0.05, 0) is 19.1 Å². The van der Waals surface area contributed by atoms with E-state index in [-0.39, 0.29) is 35.4 Å². The SMILES string of the molecule is CCO/N=C(\C(=O)N[C@@H]1C(=O)N2C(C(=O)[O-])=C(C[n+]3ccn4cccc4c3)CS[C@@H]12)c1csc(N)n1. The summed E-state index contributed by atoms with van der Waals surface area (Å²) in [6.45, 7) is 2.21. The summed E-state index contributed by atoms with van der Waals surface area (Å²) in [5, 5.41) is 19.8. The molecule has 3 aromatic rings. The number of β-lactam (4-membered cyclic amide) rings is 1. The van der Waals surface area contributed by atoms with Crippen LogP contribution in [0.5, 0.6) is 0 Å². The van der Waals surface area contributed by atoms with Crippen molar-refractivity contribution in [1.82, 2.24) is 19.6 Å². The Kier molecular flexibility index (Phi) is 6.36. The second-order valence-electron chi connectivity index (χ2n) is 7.97. The molecule has 0 unspecified atom stereocenters. The van der Waals surface area contributed by atoms with E-state index in [1.165, 1.54) is 16.7 Å². The Hall–Kier alpha value is -3.91. The first-order chi connectivity index (χ1) is 17.4. The molecule has 3 aromatic heterocycles. The number of carbonyl (C=O) groups is 3. The first-order valence-electron chi connectivity index (χ1n) is 10.9. The highest BCUT2D eigenvalue weighted by atomic mass is 32.2. The van der Waals surface area contributed by atoms with E-state index in [1.807, 2.05) is 45.9 Å². The van der Waals surface area contributed by atoms with Crippen molar-refractivity contribution in [3.05, 3.63) is 59.3 Å². The van der Waals surface area contributed by atoms with E-state index in [4.69, 9.17) is 10.6 Å². The van der Waals surface area contributed by atoms with E-state index in [1.54, 1.807) is 12.3 Å². The second kappa shape index (κ2) is 9.62. The maximum Gasteiger partial charge on any atom is 0.276 e. The van der Waals surface area contributed by atoms with Crippen molar-refractivity contribution in [2.75, 3.05) is 18.1 Å². The highest BCUT2D eigenvalue weighted by Crippen LogP contribution is 2.40. The molecule has 0 aliphatic carbocycles. The van der Waals surface area contributed by atoms with E-state index in [0.717, 1.165) is 16.9 Å². The molecule has 1 fully saturated rings. The molecule has 0 aromatic carbocycles. The van der Waals surface area contributed by atoms with Gasteiger partial charge in [-0.2, -0.15) is 4.57 Å². The predicted molar refractivity (Wildman–Crippen MR) is 129 cm³/mol. The zero-order valence-electron chi connectivity index (χ0n) is 19.0. The minimum absolute atomic E-state index is 0.120. The van der Waals surface area contributed by atoms with Gasteiger partial charge in [0.2, 0.25) is 0 Å². The van der Waals surface area contributed by atoms with Gasteiger partial charge in [-0.1, -0.05) is 5.16 Å². The third-order valence-corrected chi connectivity index (χ3v) is 7.71. The summed E-state index contributed by atoms with van der Waals surface area (Å²) in [7, 11) is 0. The molecule has 0 radical (unpaired) electrons. The van der Waals surface area contributed by atoms with Crippen LogP contribution < -0.4 is 20.7 Å². The standard InChI is InChI=1S/C22H21N7O5S2/c1-2-34-26-15(14-11-36-22(23)24-14)18(30)25-16-19(31)29-17(21(32)33)12(10-35-20(16)29)8-27-6-7-28-5-3-4-13(28)9-27/h3-7,9,11,16,20H,2,8,10H2,1H3,(H3-,23,24,25,30,32,33)/b26-15-/t16-,20+/m1/s1. The zero-order valence-corrected chi connectivity index (χ0v) is 20.6. The van der Waals surface area contributed by atoms with Gasteiger partial charge >= 0.3 is 0 Å². The second-order valence-corrected chi connectivity index (χ2v) is 9.96. The van der Waals surface area contributed by atoms with Crippen molar-refractivity contribution in [2.24, 2.45) is 5.16 Å². The van der Waals surface area contributed by atoms with E-state index < -0.39 is 29.2 Å². The first-order valence-corrected chi connectivity index (χ1v) is 12.9. The average Bonchev–Trinajstić information content (AvgIpc) is 3.50.